The summed E-state index contributed by atoms with van der Waals surface area (Å²) >= 11 is 7.13. The van der Waals surface area contributed by atoms with Gasteiger partial charge in [-0.15, -0.1) is 24.5 Å². The van der Waals surface area contributed by atoms with Crippen molar-refractivity contribution < 1.29 is 17.9 Å². The van der Waals surface area contributed by atoms with E-state index in [1.54, 1.807) is 6.20 Å². The Morgan fingerprint density at radius 2 is 2.42 bits per heavy atom. The van der Waals surface area contributed by atoms with E-state index in [9.17, 15) is 13.2 Å². The predicted octanol–water partition coefficient (Wildman–Crippen LogP) is 2.58. The standard InChI is InChI=1S/C10H11ClF3N3OS/c11-7-5-16-9(19-7)6-17-3-2-15-8(17)1-4-18-10(12,13)14/h1,4-5,8,15H,2-3,6H2. The maximum atomic E-state index is 11.8. The zero-order valence-electron chi connectivity index (χ0n) is 9.65. The first-order valence-corrected chi connectivity index (χ1v) is 6.62. The van der Waals surface area contributed by atoms with Crippen molar-refractivity contribution in [3.63, 3.8) is 0 Å². The van der Waals surface area contributed by atoms with Crippen LogP contribution in [0.25, 0.3) is 0 Å². The summed E-state index contributed by atoms with van der Waals surface area (Å²) in [5.74, 6) is 0. The number of nitrogens with zero attached hydrogens (tertiary/aromatic N) is 2. The lowest BCUT2D eigenvalue weighted by Gasteiger charge is -2.19. The fourth-order valence-electron chi connectivity index (χ4n) is 1.72. The van der Waals surface area contributed by atoms with Crippen molar-refractivity contribution in [1.82, 2.24) is 15.2 Å². The Bertz CT molecular complexity index is 451. The lowest BCUT2D eigenvalue weighted by Crippen LogP contribution is -2.33. The third-order valence-electron chi connectivity index (χ3n) is 2.47. The number of ether oxygens (including phenoxy) is 1. The molecule has 1 atom stereocenters. The van der Waals surface area contributed by atoms with Gasteiger partial charge < -0.3 is 4.74 Å². The Kier molecular flexibility index (Phi) is 4.67. The highest BCUT2D eigenvalue weighted by atomic mass is 35.5. The van der Waals surface area contributed by atoms with Gasteiger partial charge in [0.1, 0.15) is 9.34 Å². The van der Waals surface area contributed by atoms with E-state index < -0.39 is 6.36 Å². The van der Waals surface area contributed by atoms with Crippen molar-refractivity contribution in [2.75, 3.05) is 13.1 Å². The van der Waals surface area contributed by atoms with E-state index in [4.69, 9.17) is 11.6 Å². The van der Waals surface area contributed by atoms with Crippen molar-refractivity contribution >= 4 is 22.9 Å². The van der Waals surface area contributed by atoms with Crippen LogP contribution < -0.4 is 5.32 Å². The van der Waals surface area contributed by atoms with Crippen LogP contribution in [0.15, 0.2) is 18.5 Å². The molecule has 1 saturated heterocycles. The smallest absolute Gasteiger partial charge is 0.414 e. The molecule has 0 aliphatic carbocycles. The lowest BCUT2D eigenvalue weighted by atomic mass is 10.4. The van der Waals surface area contributed by atoms with Crippen molar-refractivity contribution in [3.05, 3.63) is 27.9 Å². The van der Waals surface area contributed by atoms with Crippen LogP contribution in [0.4, 0.5) is 13.2 Å². The van der Waals surface area contributed by atoms with E-state index in [-0.39, 0.29) is 6.17 Å². The third-order valence-corrected chi connectivity index (χ3v) is 3.57. The van der Waals surface area contributed by atoms with Crippen LogP contribution in [-0.4, -0.2) is 35.5 Å². The topological polar surface area (TPSA) is 37.4 Å². The van der Waals surface area contributed by atoms with E-state index >= 15 is 0 Å². The highest BCUT2D eigenvalue weighted by Crippen LogP contribution is 2.21. The molecule has 0 bridgehead atoms. The van der Waals surface area contributed by atoms with Gasteiger partial charge in [0.15, 0.2) is 0 Å². The van der Waals surface area contributed by atoms with E-state index in [2.05, 4.69) is 15.0 Å². The number of alkyl halides is 3. The highest BCUT2D eigenvalue weighted by molar-refractivity contribution is 7.15. The number of thiazole rings is 1. The van der Waals surface area contributed by atoms with Gasteiger partial charge in [0.25, 0.3) is 0 Å². The molecule has 1 aromatic heterocycles. The summed E-state index contributed by atoms with van der Waals surface area (Å²) in [6.07, 6.45) is -1.41. The molecule has 0 spiro atoms. The molecule has 1 N–H and O–H groups in total. The van der Waals surface area contributed by atoms with Crippen molar-refractivity contribution in [3.8, 4) is 0 Å². The van der Waals surface area contributed by atoms with Gasteiger partial charge in [-0.2, -0.15) is 0 Å². The summed E-state index contributed by atoms with van der Waals surface area (Å²) in [4.78, 5) is 6.06. The molecule has 106 valence electrons. The summed E-state index contributed by atoms with van der Waals surface area (Å²) in [6.45, 7) is 1.95. The number of rotatable bonds is 4. The number of aromatic nitrogens is 1. The Morgan fingerprint density at radius 1 is 1.63 bits per heavy atom. The van der Waals surface area contributed by atoms with Crippen LogP contribution in [0.1, 0.15) is 5.01 Å². The Morgan fingerprint density at radius 3 is 3.05 bits per heavy atom. The van der Waals surface area contributed by atoms with Gasteiger partial charge in [-0.3, -0.25) is 10.2 Å². The van der Waals surface area contributed by atoms with Gasteiger partial charge in [0, 0.05) is 13.1 Å². The van der Waals surface area contributed by atoms with Crippen LogP contribution in [0.2, 0.25) is 4.34 Å². The van der Waals surface area contributed by atoms with Crippen LogP contribution in [0.5, 0.6) is 0 Å². The zero-order chi connectivity index (χ0) is 13.9. The molecule has 1 unspecified atom stereocenters. The monoisotopic (exact) mass is 313 g/mol. The summed E-state index contributed by atoms with van der Waals surface area (Å²) in [6, 6.07) is 0. The van der Waals surface area contributed by atoms with Gasteiger partial charge in [-0.1, -0.05) is 11.6 Å². The molecule has 1 fully saturated rings. The van der Waals surface area contributed by atoms with Crippen molar-refractivity contribution in [1.29, 1.82) is 0 Å². The molecule has 9 heteroatoms. The molecule has 4 nitrogen and oxygen atoms in total. The molecular formula is C10H11ClF3N3OS. The second kappa shape index (κ2) is 6.08. The predicted molar refractivity (Wildman–Crippen MR) is 65.6 cm³/mol. The molecule has 0 aromatic carbocycles. The Balaban J connectivity index is 1.90. The van der Waals surface area contributed by atoms with Gasteiger partial charge in [-0.25, -0.2) is 4.98 Å². The zero-order valence-corrected chi connectivity index (χ0v) is 11.2. The van der Waals surface area contributed by atoms with E-state index in [1.165, 1.54) is 17.4 Å². The minimum absolute atomic E-state index is 0.301. The molecule has 2 heterocycles. The summed E-state index contributed by atoms with van der Waals surface area (Å²) in [5, 5.41) is 3.88. The van der Waals surface area contributed by atoms with Gasteiger partial charge in [-0.05, 0) is 6.08 Å². The Hall–Kier alpha value is -0.830. The fraction of sp³-hybridized carbons (Fsp3) is 0.500. The molecule has 1 aliphatic rings. The SMILES string of the molecule is FC(F)(F)OC=CC1NCCN1Cc1ncc(Cl)s1. The number of nitrogens with one attached hydrogen (secondary N) is 1. The maximum Gasteiger partial charge on any atom is 0.572 e. The minimum Gasteiger partial charge on any atom is -0.414 e. The first-order chi connectivity index (χ1) is 8.94. The van der Waals surface area contributed by atoms with Gasteiger partial charge in [0.2, 0.25) is 0 Å². The van der Waals surface area contributed by atoms with E-state index in [0.717, 1.165) is 11.6 Å². The first-order valence-electron chi connectivity index (χ1n) is 5.43. The number of hydrogen-bond donors (Lipinski definition) is 1. The molecule has 0 radical (unpaired) electrons. The second-order valence-corrected chi connectivity index (χ2v) is 5.57. The largest absolute Gasteiger partial charge is 0.572 e. The Labute approximate surface area is 116 Å². The minimum atomic E-state index is -4.65. The van der Waals surface area contributed by atoms with Crippen LogP contribution >= 0.6 is 22.9 Å². The van der Waals surface area contributed by atoms with E-state index in [1.807, 2.05) is 4.90 Å². The maximum absolute atomic E-state index is 11.8. The molecule has 1 aromatic rings. The quantitative estimate of drug-likeness (QED) is 0.867. The molecule has 1 aliphatic heterocycles. The molecule has 2 rings (SSSR count). The normalized spacial score (nSPS) is 21.4. The average molecular weight is 314 g/mol. The molecule has 0 saturated carbocycles. The van der Waals surface area contributed by atoms with Crippen LogP contribution in [0, 0.1) is 0 Å². The van der Waals surface area contributed by atoms with Crippen LogP contribution in [-0.2, 0) is 11.3 Å². The summed E-state index contributed by atoms with van der Waals surface area (Å²) in [7, 11) is 0. The average Bonchev–Trinajstić information content (AvgIpc) is 2.88. The first kappa shape index (κ1) is 14.6. The third kappa shape index (κ3) is 4.64. The molecule has 0 amide bonds. The van der Waals surface area contributed by atoms with Gasteiger partial charge in [0.05, 0.1) is 25.2 Å². The van der Waals surface area contributed by atoms with Crippen molar-refractivity contribution in [2.24, 2.45) is 0 Å². The summed E-state index contributed by atoms with van der Waals surface area (Å²) in [5.41, 5.74) is 0. The highest BCUT2D eigenvalue weighted by Gasteiger charge is 2.29. The molecular weight excluding hydrogens is 303 g/mol. The second-order valence-electron chi connectivity index (χ2n) is 3.82. The molecule has 19 heavy (non-hydrogen) atoms. The number of halogens is 4. The van der Waals surface area contributed by atoms with Crippen LogP contribution in [0.3, 0.4) is 0 Å². The fourth-order valence-corrected chi connectivity index (χ4v) is 2.70. The van der Waals surface area contributed by atoms with Crippen molar-refractivity contribution in [2.45, 2.75) is 19.1 Å². The van der Waals surface area contributed by atoms with Gasteiger partial charge >= 0.3 is 6.36 Å². The summed E-state index contributed by atoms with van der Waals surface area (Å²) < 4.78 is 39.7. The van der Waals surface area contributed by atoms with E-state index in [0.29, 0.717) is 23.7 Å². The lowest BCUT2D eigenvalue weighted by molar-refractivity contribution is -0.298. The number of hydrogen-bond acceptors (Lipinski definition) is 5.